The molecule has 0 amide bonds. The monoisotopic (exact) mass is 844 g/mol. The molecule has 2 aromatic heterocycles. The maximum absolute atomic E-state index is 15.3. The van der Waals surface area contributed by atoms with Crippen LogP contribution in [0, 0.1) is 0 Å². The van der Waals surface area contributed by atoms with Gasteiger partial charge in [-0.05, 0) is 104 Å². The molecule has 0 atom stereocenters. The number of nitrogens with zero attached hydrogens (tertiary/aromatic N) is 2. The van der Waals surface area contributed by atoms with E-state index < -0.39 is 23.5 Å². The van der Waals surface area contributed by atoms with Gasteiger partial charge in [-0.25, -0.2) is 0 Å². The molecule has 62 heavy (non-hydrogen) atoms. The second kappa shape index (κ2) is 14.0. The van der Waals surface area contributed by atoms with Gasteiger partial charge in [0.25, 0.3) is 0 Å². The van der Waals surface area contributed by atoms with Gasteiger partial charge >= 0.3 is 12.4 Å². The highest BCUT2D eigenvalue weighted by Crippen LogP contribution is 2.45. The van der Waals surface area contributed by atoms with Crippen LogP contribution in [0.4, 0.5) is 26.3 Å². The van der Waals surface area contributed by atoms with Crippen LogP contribution < -0.4 is 0 Å². The van der Waals surface area contributed by atoms with E-state index in [0.717, 1.165) is 55.9 Å². The first-order valence-electron chi connectivity index (χ1n) is 21.2. The van der Waals surface area contributed by atoms with Gasteiger partial charge in [0, 0.05) is 21.5 Å². The SMILES string of the molecule is CC(C)(C)c1ccc2c3ccc(C(C)(C)C)cc3n(-c3cc(-c4ccc(C(F)(F)F)c(-n5c6cc(C(C)(C)C)ccc6c6ccc(C(C)(C)C)cc65)c4)ccc3C(F)(F)F)c2c1. The van der Waals surface area contributed by atoms with Crippen molar-refractivity contribution in [3.05, 3.63) is 143 Å². The lowest BCUT2D eigenvalue weighted by atomic mass is 9.86. The van der Waals surface area contributed by atoms with Gasteiger partial charge < -0.3 is 9.13 Å². The van der Waals surface area contributed by atoms with Crippen molar-refractivity contribution in [2.45, 2.75) is 117 Å². The summed E-state index contributed by atoms with van der Waals surface area (Å²) in [6, 6.07) is 31.7. The molecule has 0 saturated heterocycles. The van der Waals surface area contributed by atoms with E-state index in [9.17, 15) is 0 Å². The van der Waals surface area contributed by atoms with Crippen LogP contribution in [0.15, 0.2) is 109 Å². The van der Waals surface area contributed by atoms with Gasteiger partial charge in [-0.1, -0.05) is 144 Å². The number of benzene rings is 6. The maximum Gasteiger partial charge on any atom is 0.418 e. The van der Waals surface area contributed by atoms with Crippen LogP contribution >= 0.6 is 0 Å². The van der Waals surface area contributed by atoms with Gasteiger partial charge in [-0.15, -0.1) is 0 Å². The Bertz CT molecular complexity index is 2720. The molecule has 0 aliphatic carbocycles. The van der Waals surface area contributed by atoms with Crippen molar-refractivity contribution in [3.63, 3.8) is 0 Å². The van der Waals surface area contributed by atoms with Crippen molar-refractivity contribution < 1.29 is 26.3 Å². The zero-order valence-corrected chi connectivity index (χ0v) is 37.6. The Balaban J connectivity index is 1.47. The van der Waals surface area contributed by atoms with Crippen molar-refractivity contribution >= 4 is 43.6 Å². The first-order chi connectivity index (χ1) is 28.5. The molecule has 0 radical (unpaired) electrons. The van der Waals surface area contributed by atoms with Gasteiger partial charge in [0.15, 0.2) is 0 Å². The van der Waals surface area contributed by atoms with E-state index in [1.165, 1.54) is 24.3 Å². The lowest BCUT2D eigenvalue weighted by Gasteiger charge is -2.22. The smallest absolute Gasteiger partial charge is 0.309 e. The van der Waals surface area contributed by atoms with E-state index in [0.29, 0.717) is 33.2 Å². The third-order valence-corrected chi connectivity index (χ3v) is 12.4. The minimum absolute atomic E-state index is 0.102. The van der Waals surface area contributed by atoms with Gasteiger partial charge in [-0.2, -0.15) is 26.3 Å². The fourth-order valence-corrected chi connectivity index (χ4v) is 8.69. The molecule has 0 fully saturated rings. The van der Waals surface area contributed by atoms with Crippen LogP contribution in [0.2, 0.25) is 0 Å². The van der Waals surface area contributed by atoms with Crippen LogP contribution in [0.3, 0.4) is 0 Å². The molecule has 0 saturated carbocycles. The standard InChI is InChI=1S/C54H54F6N2/c1-49(2,3)33-15-19-37-38-20-16-34(50(4,5)6)28-44(38)61(43(37)27-33)47-25-31(13-23-41(47)53(55,56)57)32-14-24-42(54(58,59)60)48(26-32)62-45-29-35(51(7,8)9)17-21-39(45)40-22-18-36(30-46(40)62)52(10,11)12/h13-30H,1-12H3. The number of alkyl halides is 6. The van der Waals surface area contributed by atoms with Crippen molar-refractivity contribution in [3.8, 4) is 22.5 Å². The van der Waals surface area contributed by atoms with Crippen LogP contribution in [-0.4, -0.2) is 9.13 Å². The van der Waals surface area contributed by atoms with E-state index in [2.05, 4.69) is 83.1 Å². The van der Waals surface area contributed by atoms with Crippen molar-refractivity contribution in [1.29, 1.82) is 0 Å². The van der Waals surface area contributed by atoms with E-state index in [1.807, 2.05) is 72.8 Å². The summed E-state index contributed by atoms with van der Waals surface area (Å²) in [5.41, 5.74) is 3.89. The lowest BCUT2D eigenvalue weighted by Crippen LogP contribution is -2.14. The molecular formula is C54H54F6N2. The Hall–Kier alpha value is -5.50. The molecular weight excluding hydrogens is 791 g/mol. The van der Waals surface area contributed by atoms with E-state index in [1.54, 1.807) is 9.13 Å². The number of hydrogen-bond donors (Lipinski definition) is 0. The zero-order chi connectivity index (χ0) is 45.3. The van der Waals surface area contributed by atoms with Gasteiger partial charge in [0.05, 0.1) is 44.6 Å². The normalized spacial score (nSPS) is 13.6. The van der Waals surface area contributed by atoms with Gasteiger partial charge in [0.1, 0.15) is 0 Å². The molecule has 8 aromatic rings. The molecule has 2 nitrogen and oxygen atoms in total. The molecule has 8 heteroatoms. The Labute approximate surface area is 360 Å². The first kappa shape index (κ1) is 43.2. The average molecular weight is 845 g/mol. The number of rotatable bonds is 3. The summed E-state index contributed by atoms with van der Waals surface area (Å²) >= 11 is 0. The second-order valence-corrected chi connectivity index (χ2v) is 21.1. The summed E-state index contributed by atoms with van der Waals surface area (Å²) in [5.74, 6) is 0. The Morgan fingerprint density at radius 2 is 0.548 bits per heavy atom. The summed E-state index contributed by atoms with van der Waals surface area (Å²) in [5, 5.41) is 3.22. The molecule has 0 spiro atoms. The molecule has 0 aliphatic rings. The number of aromatic nitrogens is 2. The summed E-state index contributed by atoms with van der Waals surface area (Å²) in [6.07, 6.45) is -9.49. The quantitative estimate of drug-likeness (QED) is 0.157. The third kappa shape index (κ3) is 7.47. The highest BCUT2D eigenvalue weighted by molar-refractivity contribution is 6.11. The molecule has 322 valence electrons. The predicted octanol–water partition coefficient (Wildman–Crippen LogP) is 16.8. The highest BCUT2D eigenvalue weighted by Gasteiger charge is 2.37. The van der Waals surface area contributed by atoms with Crippen LogP contribution in [-0.2, 0) is 34.0 Å². The molecule has 0 bridgehead atoms. The fraction of sp³-hybridized carbons (Fsp3) is 0.333. The molecule has 8 rings (SSSR count). The van der Waals surface area contributed by atoms with Crippen LogP contribution in [0.5, 0.6) is 0 Å². The van der Waals surface area contributed by atoms with Crippen LogP contribution in [0.25, 0.3) is 66.1 Å². The summed E-state index contributed by atoms with van der Waals surface area (Å²) in [4.78, 5) is 0. The Morgan fingerprint density at radius 3 is 0.758 bits per heavy atom. The molecule has 0 N–H and O–H groups in total. The van der Waals surface area contributed by atoms with Crippen molar-refractivity contribution in [2.75, 3.05) is 0 Å². The highest BCUT2D eigenvalue weighted by atomic mass is 19.4. The molecule has 2 heterocycles. The van der Waals surface area contributed by atoms with E-state index >= 15 is 26.3 Å². The average Bonchev–Trinajstić information content (AvgIpc) is 3.66. The molecule has 6 aromatic carbocycles. The van der Waals surface area contributed by atoms with E-state index in [-0.39, 0.29) is 33.0 Å². The fourth-order valence-electron chi connectivity index (χ4n) is 8.69. The number of halogens is 6. The minimum Gasteiger partial charge on any atom is -0.309 e. The molecule has 0 unspecified atom stereocenters. The largest absolute Gasteiger partial charge is 0.418 e. The predicted molar refractivity (Wildman–Crippen MR) is 245 cm³/mol. The topological polar surface area (TPSA) is 9.86 Å². The summed E-state index contributed by atoms with van der Waals surface area (Å²) < 4.78 is 95.4. The Morgan fingerprint density at radius 1 is 0.306 bits per heavy atom. The van der Waals surface area contributed by atoms with E-state index in [4.69, 9.17) is 0 Å². The second-order valence-electron chi connectivity index (χ2n) is 21.1. The Kier molecular flexibility index (Phi) is 9.75. The molecule has 0 aliphatic heterocycles. The van der Waals surface area contributed by atoms with Crippen molar-refractivity contribution in [1.82, 2.24) is 9.13 Å². The first-order valence-corrected chi connectivity index (χ1v) is 21.2. The van der Waals surface area contributed by atoms with Crippen LogP contribution in [0.1, 0.15) is 116 Å². The van der Waals surface area contributed by atoms with Gasteiger partial charge in [0.2, 0.25) is 0 Å². The summed E-state index contributed by atoms with van der Waals surface area (Å²) in [6.45, 7) is 24.8. The lowest BCUT2D eigenvalue weighted by molar-refractivity contribution is -0.138. The number of fused-ring (bicyclic) bond motifs is 6. The summed E-state index contributed by atoms with van der Waals surface area (Å²) in [7, 11) is 0. The zero-order valence-electron chi connectivity index (χ0n) is 37.6. The van der Waals surface area contributed by atoms with Gasteiger partial charge in [-0.3, -0.25) is 0 Å². The maximum atomic E-state index is 15.3. The minimum atomic E-state index is -4.75. The van der Waals surface area contributed by atoms with Crippen molar-refractivity contribution in [2.24, 2.45) is 0 Å². The number of hydrogen-bond acceptors (Lipinski definition) is 0. The third-order valence-electron chi connectivity index (χ3n) is 12.4.